The van der Waals surface area contributed by atoms with Gasteiger partial charge < -0.3 is 19.9 Å². The summed E-state index contributed by atoms with van der Waals surface area (Å²) in [4.78, 5) is 23.9. The molecule has 1 heterocycles. The maximum atomic E-state index is 11.7. The van der Waals surface area contributed by atoms with Gasteiger partial charge in [0.25, 0.3) is 0 Å². The van der Waals surface area contributed by atoms with Gasteiger partial charge in [0.1, 0.15) is 24.0 Å². The van der Waals surface area contributed by atoms with E-state index >= 15 is 0 Å². The molecule has 0 aliphatic rings. The van der Waals surface area contributed by atoms with Crippen LogP contribution in [0.15, 0.2) is 61.1 Å². The van der Waals surface area contributed by atoms with Crippen LogP contribution in [-0.4, -0.2) is 55.0 Å². The van der Waals surface area contributed by atoms with E-state index in [0.717, 1.165) is 42.1 Å². The van der Waals surface area contributed by atoms with Crippen LogP contribution in [0.3, 0.4) is 0 Å². The van der Waals surface area contributed by atoms with Crippen molar-refractivity contribution in [3.8, 4) is 5.75 Å². The summed E-state index contributed by atoms with van der Waals surface area (Å²) >= 11 is 0. The summed E-state index contributed by atoms with van der Waals surface area (Å²) in [5, 5.41) is 3.21. The number of benzene rings is 2. The Balaban J connectivity index is 1.58. The molecule has 0 saturated heterocycles. The molecule has 7 heteroatoms. The van der Waals surface area contributed by atoms with Crippen molar-refractivity contribution in [2.24, 2.45) is 0 Å². The summed E-state index contributed by atoms with van der Waals surface area (Å²) in [5.74, 6) is 1.70. The fourth-order valence-corrected chi connectivity index (χ4v) is 3.77. The van der Waals surface area contributed by atoms with Crippen molar-refractivity contribution in [1.29, 1.82) is 0 Å². The predicted octanol–water partition coefficient (Wildman–Crippen LogP) is 3.92. The first-order valence-electron chi connectivity index (χ1n) is 11.6. The molecular formula is C27H35N5O2. The van der Waals surface area contributed by atoms with Crippen molar-refractivity contribution in [2.45, 2.75) is 32.9 Å². The second-order valence-corrected chi connectivity index (χ2v) is 8.58. The number of carbonyl (C=O) groups is 1. The minimum absolute atomic E-state index is 0.0221. The maximum absolute atomic E-state index is 11.7. The van der Waals surface area contributed by atoms with E-state index in [2.05, 4.69) is 46.5 Å². The lowest BCUT2D eigenvalue weighted by molar-refractivity contribution is -0.118. The largest absolute Gasteiger partial charge is 0.486 e. The fraction of sp³-hybridized carbons (Fsp3) is 0.370. The number of aromatic nitrogens is 2. The van der Waals surface area contributed by atoms with E-state index in [9.17, 15) is 4.79 Å². The average molecular weight is 462 g/mol. The summed E-state index contributed by atoms with van der Waals surface area (Å²) in [6.07, 6.45) is 5.09. The van der Waals surface area contributed by atoms with E-state index in [1.165, 1.54) is 11.1 Å². The van der Waals surface area contributed by atoms with Crippen molar-refractivity contribution in [3.63, 3.8) is 0 Å². The number of rotatable bonds is 13. The van der Waals surface area contributed by atoms with Crippen LogP contribution in [0.5, 0.6) is 5.75 Å². The Morgan fingerprint density at radius 2 is 1.79 bits per heavy atom. The maximum Gasteiger partial charge on any atom is 0.210 e. The minimum atomic E-state index is -0.0221. The molecule has 7 nitrogen and oxygen atoms in total. The van der Waals surface area contributed by atoms with Crippen molar-refractivity contribution < 1.29 is 9.53 Å². The van der Waals surface area contributed by atoms with Crippen LogP contribution in [0.2, 0.25) is 0 Å². The van der Waals surface area contributed by atoms with Crippen LogP contribution in [0.4, 0.5) is 5.82 Å². The fourth-order valence-electron chi connectivity index (χ4n) is 3.77. The van der Waals surface area contributed by atoms with Gasteiger partial charge in [0.15, 0.2) is 0 Å². The third-order valence-corrected chi connectivity index (χ3v) is 5.79. The van der Waals surface area contributed by atoms with Crippen LogP contribution in [-0.2, 0) is 11.3 Å². The Hall–Kier alpha value is -3.45. The molecule has 1 atom stereocenters. The molecule has 1 aromatic heterocycles. The highest BCUT2D eigenvalue weighted by atomic mass is 16.5. The normalized spacial score (nSPS) is 11.6. The van der Waals surface area contributed by atoms with Crippen molar-refractivity contribution in [2.75, 3.05) is 38.6 Å². The number of likely N-dealkylation sites (N-methyl/N-ethyl adjacent to an activating group) is 1. The van der Waals surface area contributed by atoms with Gasteiger partial charge in [-0.3, -0.25) is 4.79 Å². The predicted molar refractivity (Wildman–Crippen MR) is 136 cm³/mol. The summed E-state index contributed by atoms with van der Waals surface area (Å²) in [5.41, 5.74) is 4.47. The van der Waals surface area contributed by atoms with Gasteiger partial charge in [-0.2, -0.15) is 0 Å². The van der Waals surface area contributed by atoms with Gasteiger partial charge >= 0.3 is 0 Å². The SMILES string of the molecule is CNCCC(Oc1ccc(CN(C=O)CCN(C)c2ncncc2C)cc1)c1ccc(C)cc1. The zero-order valence-electron chi connectivity index (χ0n) is 20.6. The molecule has 2 aromatic carbocycles. The van der Waals surface area contributed by atoms with Gasteiger partial charge in [-0.15, -0.1) is 0 Å². The van der Waals surface area contributed by atoms with Gasteiger partial charge in [0, 0.05) is 44.9 Å². The molecule has 0 spiro atoms. The zero-order chi connectivity index (χ0) is 24.3. The molecule has 0 radical (unpaired) electrons. The number of carbonyl (C=O) groups excluding carboxylic acids is 1. The highest BCUT2D eigenvalue weighted by molar-refractivity contribution is 5.48. The quantitative estimate of drug-likeness (QED) is 0.389. The molecule has 34 heavy (non-hydrogen) atoms. The van der Waals surface area contributed by atoms with Crippen LogP contribution < -0.4 is 15.0 Å². The third kappa shape index (κ3) is 7.28. The molecule has 3 rings (SSSR count). The van der Waals surface area contributed by atoms with Crippen molar-refractivity contribution >= 4 is 12.2 Å². The molecule has 180 valence electrons. The lowest BCUT2D eigenvalue weighted by Crippen LogP contribution is -2.32. The molecule has 0 bridgehead atoms. The molecule has 1 amide bonds. The molecule has 0 aliphatic heterocycles. The third-order valence-electron chi connectivity index (χ3n) is 5.79. The Morgan fingerprint density at radius 3 is 2.44 bits per heavy atom. The second kappa shape index (κ2) is 12.7. The summed E-state index contributed by atoms with van der Waals surface area (Å²) in [6.45, 7) is 6.76. The number of nitrogens with zero attached hydrogens (tertiary/aromatic N) is 4. The number of amides is 1. The molecule has 0 saturated carbocycles. The van der Waals surface area contributed by atoms with Crippen LogP contribution in [0.25, 0.3) is 0 Å². The van der Waals surface area contributed by atoms with E-state index < -0.39 is 0 Å². The monoisotopic (exact) mass is 461 g/mol. The van der Waals surface area contributed by atoms with Gasteiger partial charge in [0.05, 0.1) is 0 Å². The Morgan fingerprint density at radius 1 is 1.06 bits per heavy atom. The number of nitrogens with one attached hydrogen (secondary N) is 1. The molecule has 1 N–H and O–H groups in total. The van der Waals surface area contributed by atoms with Crippen molar-refractivity contribution in [1.82, 2.24) is 20.2 Å². The lowest BCUT2D eigenvalue weighted by Gasteiger charge is -2.24. The molecule has 0 aliphatic carbocycles. The Bertz CT molecular complexity index is 1020. The zero-order valence-corrected chi connectivity index (χ0v) is 20.6. The molecule has 0 fully saturated rings. The summed E-state index contributed by atoms with van der Waals surface area (Å²) in [6, 6.07) is 16.5. The first kappa shape index (κ1) is 25.2. The number of hydrogen-bond acceptors (Lipinski definition) is 6. The second-order valence-electron chi connectivity index (χ2n) is 8.58. The van der Waals surface area contributed by atoms with Gasteiger partial charge in [-0.25, -0.2) is 9.97 Å². The number of anilines is 1. The standard InChI is InChI=1S/C27H35N5O2/c1-21-5-9-24(10-6-21)26(13-14-28-3)34-25-11-7-23(8-12-25)18-32(20-33)16-15-31(4)27-22(2)17-29-19-30-27/h5-12,17,19-20,26,28H,13-16,18H2,1-4H3. The van der Waals surface area contributed by atoms with Crippen LogP contribution in [0.1, 0.15) is 34.8 Å². The van der Waals surface area contributed by atoms with E-state index in [-0.39, 0.29) is 6.10 Å². The highest BCUT2D eigenvalue weighted by Crippen LogP contribution is 2.25. The first-order valence-corrected chi connectivity index (χ1v) is 11.6. The summed E-state index contributed by atoms with van der Waals surface area (Å²) in [7, 11) is 3.93. The van der Waals surface area contributed by atoms with E-state index in [1.807, 2.05) is 50.2 Å². The number of hydrogen-bond donors (Lipinski definition) is 1. The Labute approximate surface area is 202 Å². The van der Waals surface area contributed by atoms with Gasteiger partial charge in [0.2, 0.25) is 6.41 Å². The van der Waals surface area contributed by atoms with E-state index in [1.54, 1.807) is 17.4 Å². The molecule has 1 unspecified atom stereocenters. The van der Waals surface area contributed by atoms with E-state index in [4.69, 9.17) is 4.74 Å². The molecular weight excluding hydrogens is 426 g/mol. The van der Waals surface area contributed by atoms with Crippen LogP contribution >= 0.6 is 0 Å². The molecule has 3 aromatic rings. The highest BCUT2D eigenvalue weighted by Gasteiger charge is 2.14. The van der Waals surface area contributed by atoms with Crippen LogP contribution in [0, 0.1) is 13.8 Å². The minimum Gasteiger partial charge on any atom is -0.486 e. The average Bonchev–Trinajstić information content (AvgIpc) is 2.86. The van der Waals surface area contributed by atoms with Gasteiger partial charge in [-0.05, 0) is 50.7 Å². The van der Waals surface area contributed by atoms with Crippen molar-refractivity contribution in [3.05, 3.63) is 83.3 Å². The smallest absolute Gasteiger partial charge is 0.210 e. The Kier molecular flexibility index (Phi) is 9.40. The lowest BCUT2D eigenvalue weighted by atomic mass is 10.0. The summed E-state index contributed by atoms with van der Waals surface area (Å²) < 4.78 is 6.33. The van der Waals surface area contributed by atoms with E-state index in [0.29, 0.717) is 19.6 Å². The number of aryl methyl sites for hydroxylation is 2. The van der Waals surface area contributed by atoms with Gasteiger partial charge in [-0.1, -0.05) is 42.0 Å². The number of ether oxygens (including phenoxy) is 1. The first-order chi connectivity index (χ1) is 16.5. The topological polar surface area (TPSA) is 70.6 Å².